The second-order valence-electron chi connectivity index (χ2n) is 14.7. The first-order valence-corrected chi connectivity index (χ1v) is 19.6. The van der Waals surface area contributed by atoms with E-state index < -0.39 is 15.3 Å². The van der Waals surface area contributed by atoms with Gasteiger partial charge in [0.2, 0.25) is 5.91 Å². The van der Waals surface area contributed by atoms with Gasteiger partial charge in [0.15, 0.2) is 0 Å². The van der Waals surface area contributed by atoms with Gasteiger partial charge in [-0.2, -0.15) is 0 Å². The summed E-state index contributed by atoms with van der Waals surface area (Å²) in [6.07, 6.45) is 11.5. The van der Waals surface area contributed by atoms with E-state index >= 15 is 0 Å². The van der Waals surface area contributed by atoms with Crippen molar-refractivity contribution in [2.24, 2.45) is 0 Å². The van der Waals surface area contributed by atoms with E-state index in [2.05, 4.69) is 73.3 Å². The summed E-state index contributed by atoms with van der Waals surface area (Å²) in [4.78, 5) is 38.6. The predicted molar refractivity (Wildman–Crippen MR) is 196 cm³/mol. The number of piperidine rings is 2. The highest BCUT2D eigenvalue weighted by atomic mass is 32.2. The molecule has 3 saturated heterocycles. The number of fused-ring (bicyclic) bond motifs is 6. The zero-order chi connectivity index (χ0) is 34.2. The molecule has 0 radical (unpaired) electrons. The largest absolute Gasteiger partial charge is 0.350 e. The van der Waals surface area contributed by atoms with Crippen LogP contribution in [0, 0.1) is 0 Å². The van der Waals surface area contributed by atoms with Crippen molar-refractivity contribution in [2.75, 3.05) is 36.2 Å². The van der Waals surface area contributed by atoms with Crippen LogP contribution in [-0.2, 0) is 26.6 Å². The lowest BCUT2D eigenvalue weighted by Crippen LogP contribution is -2.53. The van der Waals surface area contributed by atoms with Gasteiger partial charge < -0.3 is 14.8 Å². The molecule has 10 nitrogen and oxygen atoms in total. The number of sulfone groups is 1. The number of nitrogens with zero attached hydrogens (tertiary/aromatic N) is 6. The Kier molecular flexibility index (Phi) is 7.36. The third-order valence-electron chi connectivity index (χ3n) is 11.8. The van der Waals surface area contributed by atoms with Gasteiger partial charge in [0.1, 0.15) is 27.6 Å². The second kappa shape index (κ2) is 11.7. The minimum Gasteiger partial charge on any atom is -0.350 e. The van der Waals surface area contributed by atoms with Crippen LogP contribution < -0.4 is 9.80 Å². The fourth-order valence-corrected chi connectivity index (χ4v) is 10.6. The Bertz CT molecular complexity index is 2180. The van der Waals surface area contributed by atoms with E-state index in [4.69, 9.17) is 4.98 Å². The number of pyridine rings is 1. The molecule has 256 valence electrons. The summed E-state index contributed by atoms with van der Waals surface area (Å²) >= 11 is 0. The summed E-state index contributed by atoms with van der Waals surface area (Å²) < 4.78 is 24.1. The van der Waals surface area contributed by atoms with Crippen LogP contribution in [0.5, 0.6) is 0 Å². The van der Waals surface area contributed by atoms with Crippen LogP contribution in [0.4, 0.5) is 11.5 Å². The van der Waals surface area contributed by atoms with Crippen molar-refractivity contribution < 1.29 is 13.2 Å². The molecular formula is C39H41N7O3S. The number of hydrogen-bond donors (Lipinski definition) is 1. The van der Waals surface area contributed by atoms with Gasteiger partial charge in [0.25, 0.3) is 0 Å². The highest BCUT2D eigenvalue weighted by Gasteiger charge is 2.59. The molecule has 11 heteroatoms. The number of likely N-dealkylation sites (tertiary alicyclic amines) is 1. The third-order valence-corrected chi connectivity index (χ3v) is 13.5. The quantitative estimate of drug-likeness (QED) is 0.240. The van der Waals surface area contributed by atoms with Crippen LogP contribution in [0.25, 0.3) is 33.4 Å². The van der Waals surface area contributed by atoms with Crippen LogP contribution in [0.2, 0.25) is 0 Å². The van der Waals surface area contributed by atoms with Gasteiger partial charge in [-0.1, -0.05) is 54.6 Å². The number of benzene rings is 2. The molecule has 2 aromatic carbocycles. The summed E-state index contributed by atoms with van der Waals surface area (Å²) in [7, 11) is -1.09. The molecular weight excluding hydrogens is 647 g/mol. The molecule has 50 heavy (non-hydrogen) atoms. The van der Waals surface area contributed by atoms with Gasteiger partial charge >= 0.3 is 0 Å². The predicted octanol–water partition coefficient (Wildman–Crippen LogP) is 5.74. The average molecular weight is 688 g/mol. The van der Waals surface area contributed by atoms with E-state index in [0.717, 1.165) is 95.8 Å². The molecule has 4 aliphatic heterocycles. The van der Waals surface area contributed by atoms with Gasteiger partial charge in [0, 0.05) is 54.6 Å². The SMILES string of the molecule is CN1C(=O)C2(C[C@H]3CC[C@@H](C2)N3c2ccncn2)c2c1cnc1[nH]c(-c3ccc(CN4CCC(S(C)(=O)=O)CC4)cc3)c(-c3ccccc3)c21. The minimum atomic E-state index is -3.00. The summed E-state index contributed by atoms with van der Waals surface area (Å²) in [6, 6.07) is 21.6. The molecule has 7 heterocycles. The van der Waals surface area contributed by atoms with Crippen LogP contribution in [0.15, 0.2) is 79.4 Å². The maximum atomic E-state index is 14.5. The first-order chi connectivity index (χ1) is 24.2. The first-order valence-electron chi connectivity index (χ1n) is 17.6. The number of likely N-dealkylation sites (N-methyl/N-ethyl adjacent to an activating group) is 1. The molecule has 2 bridgehead atoms. The number of anilines is 2. The third kappa shape index (κ3) is 4.96. The van der Waals surface area contributed by atoms with Gasteiger partial charge in [-0.15, -0.1) is 0 Å². The van der Waals surface area contributed by atoms with E-state index in [-0.39, 0.29) is 23.2 Å². The standard InChI is InChI=1S/C39H41N7O3S/c1-44-31-22-41-37-34(35(31)39(38(44)47)20-28-12-13-29(21-39)46(28)32-14-17-40-24-42-32)33(26-6-4-3-5-7-26)36(43-37)27-10-8-25(9-11-27)23-45-18-15-30(16-19-45)50(2,48)49/h3-11,14,17,22,24,28-30H,12-13,15-16,18-21,23H2,1-2H3,(H,41,43)/t28-,29+,39?. The highest BCUT2D eigenvalue weighted by Crippen LogP contribution is 2.57. The summed E-state index contributed by atoms with van der Waals surface area (Å²) in [5.41, 5.74) is 7.54. The smallest absolute Gasteiger partial charge is 0.237 e. The highest BCUT2D eigenvalue weighted by molar-refractivity contribution is 7.91. The summed E-state index contributed by atoms with van der Waals surface area (Å²) in [5.74, 6) is 1.10. The second-order valence-corrected chi connectivity index (χ2v) is 17.0. The normalized spacial score (nSPS) is 24.1. The number of nitrogens with one attached hydrogen (secondary N) is 1. The van der Waals surface area contributed by atoms with Crippen LogP contribution in [0.1, 0.15) is 49.7 Å². The number of amides is 1. The molecule has 4 aliphatic rings. The van der Waals surface area contributed by atoms with Crippen LogP contribution in [-0.4, -0.2) is 82.9 Å². The Morgan fingerprint density at radius 2 is 1.62 bits per heavy atom. The fraction of sp³-hybridized carbons (Fsp3) is 0.385. The topological polar surface area (TPSA) is 115 Å². The zero-order valence-electron chi connectivity index (χ0n) is 28.4. The van der Waals surface area contributed by atoms with Gasteiger partial charge in [-0.05, 0) is 74.4 Å². The Hall–Kier alpha value is -4.61. The molecule has 1 unspecified atom stereocenters. The fourth-order valence-electron chi connectivity index (χ4n) is 9.50. The number of carbonyl (C=O) groups is 1. The van der Waals surface area contributed by atoms with E-state index in [0.29, 0.717) is 12.8 Å². The Labute approximate surface area is 292 Å². The number of carbonyl (C=O) groups excluding carboxylic acids is 1. The zero-order valence-corrected chi connectivity index (χ0v) is 29.2. The van der Waals surface area contributed by atoms with E-state index in [9.17, 15) is 13.2 Å². The van der Waals surface area contributed by atoms with Gasteiger partial charge in [-0.3, -0.25) is 9.69 Å². The number of rotatable bonds is 6. The monoisotopic (exact) mass is 687 g/mol. The van der Waals surface area contributed by atoms with Crippen molar-refractivity contribution in [3.05, 3.63) is 90.5 Å². The lowest BCUT2D eigenvalue weighted by atomic mass is 9.69. The lowest BCUT2D eigenvalue weighted by molar-refractivity contribution is -0.124. The van der Waals surface area contributed by atoms with Crippen molar-refractivity contribution >= 4 is 38.3 Å². The lowest BCUT2D eigenvalue weighted by Gasteiger charge is -2.44. The molecule has 3 aromatic heterocycles. The number of aromatic nitrogens is 4. The molecule has 9 rings (SSSR count). The van der Waals surface area contributed by atoms with Crippen molar-refractivity contribution in [3.63, 3.8) is 0 Å². The Morgan fingerprint density at radius 3 is 2.28 bits per heavy atom. The van der Waals surface area contributed by atoms with E-state index in [1.807, 2.05) is 30.3 Å². The molecule has 3 atom stereocenters. The van der Waals surface area contributed by atoms with Crippen LogP contribution >= 0.6 is 0 Å². The maximum Gasteiger partial charge on any atom is 0.237 e. The molecule has 1 N–H and O–H groups in total. The summed E-state index contributed by atoms with van der Waals surface area (Å²) in [5, 5.41) is 0.805. The average Bonchev–Trinajstić information content (AvgIpc) is 3.72. The Morgan fingerprint density at radius 1 is 0.900 bits per heavy atom. The summed E-state index contributed by atoms with van der Waals surface area (Å²) in [6.45, 7) is 2.35. The van der Waals surface area contributed by atoms with Crippen molar-refractivity contribution in [3.8, 4) is 22.4 Å². The minimum absolute atomic E-state index is 0.160. The molecule has 1 amide bonds. The van der Waals surface area contributed by atoms with Crippen molar-refractivity contribution in [2.45, 2.75) is 67.8 Å². The maximum absolute atomic E-state index is 14.5. The van der Waals surface area contributed by atoms with Gasteiger partial charge in [-0.25, -0.2) is 23.4 Å². The molecule has 5 aromatic rings. The molecule has 3 fully saturated rings. The number of H-pyrrole nitrogens is 1. The van der Waals surface area contributed by atoms with E-state index in [1.165, 1.54) is 11.8 Å². The molecule has 0 saturated carbocycles. The van der Waals surface area contributed by atoms with E-state index in [1.54, 1.807) is 12.5 Å². The first kappa shape index (κ1) is 31.4. The van der Waals surface area contributed by atoms with Crippen LogP contribution in [0.3, 0.4) is 0 Å². The number of hydrogen-bond acceptors (Lipinski definition) is 8. The number of aromatic amines is 1. The van der Waals surface area contributed by atoms with Gasteiger partial charge in [0.05, 0.1) is 28.2 Å². The van der Waals surface area contributed by atoms with Crippen molar-refractivity contribution in [1.29, 1.82) is 0 Å². The van der Waals surface area contributed by atoms with Crippen molar-refractivity contribution in [1.82, 2.24) is 24.8 Å². The Balaban J connectivity index is 1.12. The molecule has 1 spiro atoms. The molecule has 0 aliphatic carbocycles.